The molecule has 0 aromatic carbocycles. The SMILES string of the molecule is CCCCCCCCCCCCCC(=O)CCN(CCC(=O)NCCCCCCCCCCCC)CCN(C)C. The van der Waals surface area contributed by atoms with Crippen molar-refractivity contribution in [3.05, 3.63) is 0 Å². The number of ketones is 1. The van der Waals surface area contributed by atoms with Gasteiger partial charge in [0.15, 0.2) is 0 Å². The van der Waals surface area contributed by atoms with E-state index in [0.29, 0.717) is 18.6 Å². The lowest BCUT2D eigenvalue weighted by Crippen LogP contribution is -2.36. The zero-order valence-electron chi connectivity index (χ0n) is 27.7. The van der Waals surface area contributed by atoms with Crippen LogP contribution in [0.3, 0.4) is 0 Å². The van der Waals surface area contributed by atoms with Gasteiger partial charge in [0, 0.05) is 52.0 Å². The molecule has 0 radical (unpaired) electrons. The van der Waals surface area contributed by atoms with Crippen LogP contribution in [-0.2, 0) is 9.59 Å². The van der Waals surface area contributed by atoms with Crippen LogP contribution in [0, 0.1) is 0 Å². The molecular weight excluding hydrogens is 494 g/mol. The molecule has 0 saturated carbocycles. The van der Waals surface area contributed by atoms with Crippen LogP contribution in [0.4, 0.5) is 0 Å². The number of nitrogens with one attached hydrogen (secondary N) is 1. The highest BCUT2D eigenvalue weighted by molar-refractivity contribution is 5.78. The normalized spacial score (nSPS) is 11.6. The number of carbonyl (C=O) groups excluding carboxylic acids is 2. The van der Waals surface area contributed by atoms with Crippen LogP contribution in [0.2, 0.25) is 0 Å². The lowest BCUT2D eigenvalue weighted by molar-refractivity contribution is -0.121. The lowest BCUT2D eigenvalue weighted by Gasteiger charge is -2.23. The van der Waals surface area contributed by atoms with E-state index in [1.165, 1.54) is 122 Å². The summed E-state index contributed by atoms with van der Waals surface area (Å²) in [6, 6.07) is 0. The van der Waals surface area contributed by atoms with Crippen LogP contribution in [0.5, 0.6) is 0 Å². The second kappa shape index (κ2) is 31.0. The summed E-state index contributed by atoms with van der Waals surface area (Å²) in [5, 5.41) is 3.11. The van der Waals surface area contributed by atoms with E-state index < -0.39 is 0 Å². The van der Waals surface area contributed by atoms with E-state index in [2.05, 4.69) is 43.1 Å². The quantitative estimate of drug-likeness (QED) is 0.0827. The van der Waals surface area contributed by atoms with Crippen LogP contribution in [0.15, 0.2) is 0 Å². The molecule has 0 aliphatic carbocycles. The standard InChI is InChI=1S/C35H71N3O2/c1-5-7-9-11-13-15-17-18-20-22-24-26-34(39)27-30-38(33-32-37(3)4)31-28-35(40)36-29-25-23-21-19-16-14-12-10-8-6-2/h5-33H2,1-4H3,(H,36,40). The van der Waals surface area contributed by atoms with Crippen molar-refractivity contribution in [3.63, 3.8) is 0 Å². The Morgan fingerprint density at radius 2 is 0.900 bits per heavy atom. The minimum atomic E-state index is 0.151. The Labute approximate surface area is 251 Å². The fourth-order valence-corrected chi connectivity index (χ4v) is 5.26. The summed E-state index contributed by atoms with van der Waals surface area (Å²) in [6.07, 6.45) is 29.5. The largest absolute Gasteiger partial charge is 0.356 e. The molecule has 0 aliphatic heterocycles. The third-order valence-electron chi connectivity index (χ3n) is 8.14. The highest BCUT2D eigenvalue weighted by atomic mass is 16.1. The first-order valence-corrected chi connectivity index (χ1v) is 17.6. The fraction of sp³-hybridized carbons (Fsp3) is 0.943. The second-order valence-corrected chi connectivity index (χ2v) is 12.5. The van der Waals surface area contributed by atoms with E-state index in [4.69, 9.17) is 0 Å². The van der Waals surface area contributed by atoms with E-state index in [9.17, 15) is 9.59 Å². The Hall–Kier alpha value is -0.940. The highest BCUT2D eigenvalue weighted by Crippen LogP contribution is 2.13. The van der Waals surface area contributed by atoms with Crippen LogP contribution >= 0.6 is 0 Å². The maximum atomic E-state index is 12.5. The smallest absolute Gasteiger partial charge is 0.221 e. The van der Waals surface area contributed by atoms with Crippen molar-refractivity contribution in [2.45, 2.75) is 168 Å². The van der Waals surface area contributed by atoms with Crippen LogP contribution in [0.1, 0.15) is 168 Å². The number of Topliss-reactive ketones (excluding diaryl/α,β-unsaturated/α-hetero) is 1. The molecule has 0 aliphatic rings. The molecule has 0 heterocycles. The second-order valence-electron chi connectivity index (χ2n) is 12.5. The number of unbranched alkanes of at least 4 members (excludes halogenated alkanes) is 19. The monoisotopic (exact) mass is 566 g/mol. The molecule has 0 saturated heterocycles. The first-order valence-electron chi connectivity index (χ1n) is 17.6. The van der Waals surface area contributed by atoms with E-state index >= 15 is 0 Å². The van der Waals surface area contributed by atoms with Crippen LogP contribution in [0.25, 0.3) is 0 Å². The van der Waals surface area contributed by atoms with Gasteiger partial charge in [0.25, 0.3) is 0 Å². The number of amides is 1. The zero-order valence-corrected chi connectivity index (χ0v) is 27.7. The Bertz CT molecular complexity index is 511. The Morgan fingerprint density at radius 3 is 1.38 bits per heavy atom. The summed E-state index contributed by atoms with van der Waals surface area (Å²) in [7, 11) is 4.16. The first-order chi connectivity index (χ1) is 19.5. The molecule has 0 atom stereocenters. The molecule has 1 amide bonds. The average Bonchev–Trinajstić information content (AvgIpc) is 2.94. The molecule has 0 aromatic heterocycles. The Morgan fingerprint density at radius 1 is 0.475 bits per heavy atom. The van der Waals surface area contributed by atoms with Gasteiger partial charge in [-0.05, 0) is 26.9 Å². The van der Waals surface area contributed by atoms with E-state index in [-0.39, 0.29) is 5.91 Å². The summed E-state index contributed by atoms with van der Waals surface area (Å²) in [5.74, 6) is 0.536. The van der Waals surface area contributed by atoms with Crippen molar-refractivity contribution < 1.29 is 9.59 Å². The Balaban J connectivity index is 3.87. The fourth-order valence-electron chi connectivity index (χ4n) is 5.26. The number of nitrogens with zero attached hydrogens (tertiary/aromatic N) is 2. The molecule has 0 unspecified atom stereocenters. The first kappa shape index (κ1) is 39.1. The van der Waals surface area contributed by atoms with Crippen molar-refractivity contribution >= 4 is 11.7 Å². The van der Waals surface area contributed by atoms with Gasteiger partial charge in [0.1, 0.15) is 5.78 Å². The number of hydrogen-bond acceptors (Lipinski definition) is 4. The zero-order chi connectivity index (χ0) is 29.5. The summed E-state index contributed by atoms with van der Waals surface area (Å²) >= 11 is 0. The molecule has 0 spiro atoms. The molecular formula is C35H71N3O2. The minimum absolute atomic E-state index is 0.151. The van der Waals surface area contributed by atoms with Gasteiger partial charge in [0.05, 0.1) is 0 Å². The summed E-state index contributed by atoms with van der Waals surface area (Å²) in [6.45, 7) is 8.71. The van der Waals surface area contributed by atoms with Gasteiger partial charge in [-0.15, -0.1) is 0 Å². The highest BCUT2D eigenvalue weighted by Gasteiger charge is 2.11. The van der Waals surface area contributed by atoms with Gasteiger partial charge in [-0.2, -0.15) is 0 Å². The molecule has 40 heavy (non-hydrogen) atoms. The van der Waals surface area contributed by atoms with Gasteiger partial charge in [-0.25, -0.2) is 0 Å². The maximum absolute atomic E-state index is 12.5. The van der Waals surface area contributed by atoms with Crippen LogP contribution < -0.4 is 5.32 Å². The molecule has 0 fully saturated rings. The molecule has 0 bridgehead atoms. The number of rotatable bonds is 32. The number of hydrogen-bond donors (Lipinski definition) is 1. The van der Waals surface area contributed by atoms with Crippen molar-refractivity contribution in [3.8, 4) is 0 Å². The van der Waals surface area contributed by atoms with Crippen LogP contribution in [-0.4, -0.2) is 68.3 Å². The van der Waals surface area contributed by atoms with Crippen molar-refractivity contribution in [2.75, 3.05) is 46.8 Å². The predicted molar refractivity (Wildman–Crippen MR) is 175 cm³/mol. The predicted octanol–water partition coefficient (Wildman–Crippen LogP) is 8.94. The maximum Gasteiger partial charge on any atom is 0.221 e. The van der Waals surface area contributed by atoms with Crippen molar-refractivity contribution in [1.82, 2.24) is 15.1 Å². The van der Waals surface area contributed by atoms with Gasteiger partial charge in [-0.3, -0.25) is 9.59 Å². The summed E-state index contributed by atoms with van der Waals surface area (Å²) < 4.78 is 0. The summed E-state index contributed by atoms with van der Waals surface area (Å²) in [4.78, 5) is 29.4. The summed E-state index contributed by atoms with van der Waals surface area (Å²) in [5.41, 5.74) is 0. The third kappa shape index (κ3) is 30.0. The number of carbonyl (C=O) groups is 2. The van der Waals surface area contributed by atoms with Gasteiger partial charge in [-0.1, -0.05) is 136 Å². The molecule has 1 N–H and O–H groups in total. The third-order valence-corrected chi connectivity index (χ3v) is 8.14. The van der Waals surface area contributed by atoms with E-state index in [1.54, 1.807) is 0 Å². The lowest BCUT2D eigenvalue weighted by atomic mass is 10.0. The van der Waals surface area contributed by atoms with Crippen molar-refractivity contribution in [1.29, 1.82) is 0 Å². The van der Waals surface area contributed by atoms with Crippen molar-refractivity contribution in [2.24, 2.45) is 0 Å². The molecule has 0 aromatic rings. The topological polar surface area (TPSA) is 52.7 Å². The van der Waals surface area contributed by atoms with Gasteiger partial charge >= 0.3 is 0 Å². The molecule has 0 rings (SSSR count). The molecule has 238 valence electrons. The molecule has 5 nitrogen and oxygen atoms in total. The van der Waals surface area contributed by atoms with Gasteiger partial charge < -0.3 is 15.1 Å². The molecule has 5 heteroatoms. The Kier molecular flexibility index (Phi) is 30.3. The number of likely N-dealkylation sites (N-methyl/N-ethyl adjacent to an activating group) is 1. The minimum Gasteiger partial charge on any atom is -0.356 e. The average molecular weight is 566 g/mol. The van der Waals surface area contributed by atoms with E-state index in [1.807, 2.05) is 0 Å². The van der Waals surface area contributed by atoms with Gasteiger partial charge in [0.2, 0.25) is 5.91 Å². The van der Waals surface area contributed by atoms with E-state index in [0.717, 1.165) is 52.0 Å².